The van der Waals surface area contributed by atoms with E-state index in [1.807, 2.05) is 0 Å². The molecule has 0 fully saturated rings. The third-order valence-corrected chi connectivity index (χ3v) is 2.77. The summed E-state index contributed by atoms with van der Waals surface area (Å²) >= 11 is 0. The maximum absolute atomic E-state index is 5.46. The summed E-state index contributed by atoms with van der Waals surface area (Å²) in [5.74, 6) is 0. The van der Waals surface area contributed by atoms with E-state index in [9.17, 15) is 0 Å². The summed E-state index contributed by atoms with van der Waals surface area (Å²) in [5, 5.41) is 6.79. The van der Waals surface area contributed by atoms with Crippen molar-refractivity contribution in [3.63, 3.8) is 0 Å². The number of rotatable bonds is 8. The fourth-order valence-corrected chi connectivity index (χ4v) is 1.16. The topological polar surface area (TPSA) is 33.3 Å². The Morgan fingerprint density at radius 3 is 2.43 bits per heavy atom. The van der Waals surface area contributed by atoms with Crippen LogP contribution in [0.4, 0.5) is 0 Å². The van der Waals surface area contributed by atoms with Crippen LogP contribution < -0.4 is 10.6 Å². The minimum atomic E-state index is -0.0273. The minimum absolute atomic E-state index is 0.0273. The van der Waals surface area contributed by atoms with Crippen molar-refractivity contribution in [1.29, 1.82) is 0 Å². The molecule has 0 aromatic heterocycles. The first-order valence-electron chi connectivity index (χ1n) is 5.57. The third kappa shape index (κ3) is 5.58. The molecule has 0 saturated carbocycles. The van der Waals surface area contributed by atoms with Gasteiger partial charge in [0.05, 0.1) is 5.60 Å². The molecule has 3 heteroatoms. The average Bonchev–Trinajstić information content (AvgIpc) is 2.23. The van der Waals surface area contributed by atoms with E-state index in [-0.39, 0.29) is 5.60 Å². The smallest absolute Gasteiger partial charge is 0.0772 e. The average molecular weight is 202 g/mol. The number of ether oxygens (including phenoxy) is 1. The molecule has 2 N–H and O–H groups in total. The van der Waals surface area contributed by atoms with Crippen molar-refractivity contribution in [3.8, 4) is 0 Å². The second kappa shape index (κ2) is 7.21. The van der Waals surface area contributed by atoms with Crippen molar-refractivity contribution in [2.45, 2.75) is 45.8 Å². The molecule has 0 amide bonds. The molecule has 0 radical (unpaired) electrons. The van der Waals surface area contributed by atoms with Crippen LogP contribution >= 0.6 is 0 Å². The van der Waals surface area contributed by atoms with Gasteiger partial charge in [0.2, 0.25) is 0 Å². The first-order chi connectivity index (χ1) is 6.58. The Hall–Kier alpha value is -0.120. The lowest BCUT2D eigenvalue weighted by molar-refractivity contribution is 0.00205. The van der Waals surface area contributed by atoms with Gasteiger partial charge in [0.15, 0.2) is 0 Å². The second-order valence-corrected chi connectivity index (χ2v) is 4.10. The number of hydrogen-bond donors (Lipinski definition) is 2. The molecule has 0 aliphatic heterocycles. The molecule has 86 valence electrons. The summed E-state index contributed by atoms with van der Waals surface area (Å²) in [6.45, 7) is 11.6. The number of methoxy groups -OCH3 is 1. The van der Waals surface area contributed by atoms with E-state index >= 15 is 0 Å². The monoisotopic (exact) mass is 202 g/mol. The predicted octanol–water partition coefficient (Wildman–Crippen LogP) is 1.39. The van der Waals surface area contributed by atoms with E-state index in [4.69, 9.17) is 4.74 Å². The normalized spacial score (nSPS) is 17.8. The van der Waals surface area contributed by atoms with Crippen molar-refractivity contribution in [2.24, 2.45) is 0 Å². The fraction of sp³-hybridized carbons (Fsp3) is 1.00. The van der Waals surface area contributed by atoms with E-state index in [0.717, 1.165) is 26.1 Å². The van der Waals surface area contributed by atoms with Crippen LogP contribution in [0, 0.1) is 0 Å². The van der Waals surface area contributed by atoms with E-state index in [2.05, 4.69) is 38.3 Å². The maximum atomic E-state index is 5.46. The van der Waals surface area contributed by atoms with Crippen LogP contribution in [0.25, 0.3) is 0 Å². The Kier molecular flexibility index (Phi) is 7.15. The van der Waals surface area contributed by atoms with Gasteiger partial charge in [-0.2, -0.15) is 0 Å². The molecule has 0 aliphatic carbocycles. The summed E-state index contributed by atoms with van der Waals surface area (Å²) in [4.78, 5) is 0. The van der Waals surface area contributed by atoms with Gasteiger partial charge in [0.1, 0.15) is 0 Å². The molecule has 2 unspecified atom stereocenters. The lowest BCUT2D eigenvalue weighted by Gasteiger charge is -2.28. The Balaban J connectivity index is 3.68. The van der Waals surface area contributed by atoms with Gasteiger partial charge >= 0.3 is 0 Å². The molecular weight excluding hydrogens is 176 g/mol. The quantitative estimate of drug-likeness (QED) is 0.624. The Morgan fingerprint density at radius 1 is 1.36 bits per heavy atom. The lowest BCUT2D eigenvalue weighted by Crippen LogP contribution is -2.45. The van der Waals surface area contributed by atoms with Crippen molar-refractivity contribution in [1.82, 2.24) is 10.6 Å². The molecule has 0 saturated heterocycles. The number of hydrogen-bond acceptors (Lipinski definition) is 3. The van der Waals surface area contributed by atoms with E-state index < -0.39 is 0 Å². The van der Waals surface area contributed by atoms with Crippen molar-refractivity contribution in [3.05, 3.63) is 0 Å². The summed E-state index contributed by atoms with van der Waals surface area (Å²) in [5.41, 5.74) is -0.0273. The summed E-state index contributed by atoms with van der Waals surface area (Å²) in [7, 11) is 1.78. The molecular formula is C11H26N2O. The van der Waals surface area contributed by atoms with E-state index in [0.29, 0.717) is 6.04 Å². The Morgan fingerprint density at radius 2 is 2.00 bits per heavy atom. The van der Waals surface area contributed by atoms with Gasteiger partial charge in [-0.05, 0) is 26.8 Å². The fourth-order valence-electron chi connectivity index (χ4n) is 1.16. The SMILES string of the molecule is CCNCC(C)NCC(C)(CC)OC. The van der Waals surface area contributed by atoms with E-state index in [1.165, 1.54) is 0 Å². The molecule has 0 bridgehead atoms. The largest absolute Gasteiger partial charge is 0.377 e. The molecule has 2 atom stereocenters. The van der Waals surface area contributed by atoms with Gasteiger partial charge in [-0.15, -0.1) is 0 Å². The Labute approximate surface area is 88.6 Å². The maximum Gasteiger partial charge on any atom is 0.0772 e. The van der Waals surface area contributed by atoms with Crippen LogP contribution in [0.2, 0.25) is 0 Å². The highest BCUT2D eigenvalue weighted by atomic mass is 16.5. The van der Waals surface area contributed by atoms with Crippen LogP contribution in [0.1, 0.15) is 34.1 Å². The zero-order chi connectivity index (χ0) is 11.0. The number of likely N-dealkylation sites (N-methyl/N-ethyl adjacent to an activating group) is 1. The van der Waals surface area contributed by atoms with Crippen molar-refractivity contribution in [2.75, 3.05) is 26.7 Å². The summed E-state index contributed by atoms with van der Waals surface area (Å²) in [6, 6.07) is 0.496. The van der Waals surface area contributed by atoms with Crippen LogP contribution in [0.3, 0.4) is 0 Å². The molecule has 0 aliphatic rings. The van der Waals surface area contributed by atoms with Gasteiger partial charge in [-0.3, -0.25) is 0 Å². The van der Waals surface area contributed by atoms with Crippen LogP contribution in [0.15, 0.2) is 0 Å². The van der Waals surface area contributed by atoms with Crippen molar-refractivity contribution < 1.29 is 4.74 Å². The predicted molar refractivity (Wildman–Crippen MR) is 61.7 cm³/mol. The first-order valence-corrected chi connectivity index (χ1v) is 5.57. The Bertz CT molecular complexity index is 135. The van der Waals surface area contributed by atoms with Gasteiger partial charge in [-0.25, -0.2) is 0 Å². The molecule has 0 aromatic carbocycles. The number of nitrogens with one attached hydrogen (secondary N) is 2. The van der Waals surface area contributed by atoms with Gasteiger partial charge in [-0.1, -0.05) is 13.8 Å². The molecule has 0 rings (SSSR count). The first kappa shape index (κ1) is 13.9. The van der Waals surface area contributed by atoms with Gasteiger partial charge in [0.25, 0.3) is 0 Å². The zero-order valence-corrected chi connectivity index (χ0v) is 10.3. The summed E-state index contributed by atoms with van der Waals surface area (Å²) < 4.78 is 5.46. The lowest BCUT2D eigenvalue weighted by atomic mass is 10.0. The van der Waals surface area contributed by atoms with Crippen LogP contribution in [0.5, 0.6) is 0 Å². The van der Waals surface area contributed by atoms with Crippen molar-refractivity contribution >= 4 is 0 Å². The van der Waals surface area contributed by atoms with Gasteiger partial charge in [0, 0.05) is 26.2 Å². The highest BCUT2D eigenvalue weighted by Gasteiger charge is 2.20. The highest BCUT2D eigenvalue weighted by Crippen LogP contribution is 2.12. The van der Waals surface area contributed by atoms with E-state index in [1.54, 1.807) is 7.11 Å². The standard InChI is InChI=1S/C11H26N2O/c1-6-11(4,14-5)9-13-10(3)8-12-7-2/h10,12-13H,6-9H2,1-5H3. The zero-order valence-electron chi connectivity index (χ0n) is 10.3. The van der Waals surface area contributed by atoms with Crippen LogP contribution in [-0.2, 0) is 4.74 Å². The molecule has 0 aromatic rings. The molecule has 0 spiro atoms. The van der Waals surface area contributed by atoms with Gasteiger partial charge < -0.3 is 15.4 Å². The van der Waals surface area contributed by atoms with Crippen LogP contribution in [-0.4, -0.2) is 38.4 Å². The summed E-state index contributed by atoms with van der Waals surface area (Å²) in [6.07, 6.45) is 1.03. The molecule has 14 heavy (non-hydrogen) atoms. The third-order valence-electron chi connectivity index (χ3n) is 2.77. The molecule has 0 heterocycles. The second-order valence-electron chi connectivity index (χ2n) is 4.10. The molecule has 3 nitrogen and oxygen atoms in total. The minimum Gasteiger partial charge on any atom is -0.377 e. The highest BCUT2D eigenvalue weighted by molar-refractivity contribution is 4.78.